The molecule has 2 amide bonds. The molecule has 41 heavy (non-hydrogen) atoms. The number of amides is 2. The van der Waals surface area contributed by atoms with Gasteiger partial charge in [0.15, 0.2) is 0 Å². The van der Waals surface area contributed by atoms with Crippen molar-refractivity contribution in [3.8, 4) is 0 Å². The van der Waals surface area contributed by atoms with E-state index in [2.05, 4.69) is 5.32 Å². The van der Waals surface area contributed by atoms with E-state index in [0.717, 1.165) is 33.1 Å². The molecule has 0 radical (unpaired) electrons. The molecular weight excluding hydrogens is 541 g/mol. The molecule has 0 aliphatic heterocycles. The van der Waals surface area contributed by atoms with Gasteiger partial charge in [-0.1, -0.05) is 78.4 Å². The van der Waals surface area contributed by atoms with Crippen LogP contribution in [-0.4, -0.2) is 44.8 Å². The quantitative estimate of drug-likeness (QED) is 0.282. The van der Waals surface area contributed by atoms with Crippen LogP contribution < -0.4 is 9.62 Å². The smallest absolute Gasteiger partial charge is 0.264 e. The van der Waals surface area contributed by atoms with Gasteiger partial charge in [0.1, 0.15) is 18.4 Å². The first kappa shape index (κ1) is 29.5. The van der Waals surface area contributed by atoms with Gasteiger partial charge in [-0.25, -0.2) is 12.8 Å². The first-order valence-electron chi connectivity index (χ1n) is 13.1. The summed E-state index contributed by atoms with van der Waals surface area (Å²) in [5.41, 5.74) is 2.79. The van der Waals surface area contributed by atoms with Crippen molar-refractivity contribution in [2.75, 3.05) is 17.9 Å². The molecular formula is C32H32FN3O4S. The van der Waals surface area contributed by atoms with E-state index < -0.39 is 34.3 Å². The molecule has 0 saturated heterocycles. The molecule has 9 heteroatoms. The fraction of sp³-hybridized carbons (Fsp3) is 0.188. The Bertz CT molecular complexity index is 1560. The average molecular weight is 574 g/mol. The minimum Gasteiger partial charge on any atom is -0.357 e. The largest absolute Gasteiger partial charge is 0.357 e. The van der Waals surface area contributed by atoms with E-state index in [1.165, 1.54) is 36.2 Å². The Morgan fingerprint density at radius 2 is 1.39 bits per heavy atom. The lowest BCUT2D eigenvalue weighted by Gasteiger charge is -2.33. The van der Waals surface area contributed by atoms with Gasteiger partial charge in [0.05, 0.1) is 10.6 Å². The fourth-order valence-corrected chi connectivity index (χ4v) is 5.90. The van der Waals surface area contributed by atoms with Crippen LogP contribution in [0, 0.1) is 12.7 Å². The van der Waals surface area contributed by atoms with Crippen molar-refractivity contribution in [2.45, 2.75) is 30.8 Å². The predicted octanol–water partition coefficient (Wildman–Crippen LogP) is 4.72. The van der Waals surface area contributed by atoms with Gasteiger partial charge in [0.25, 0.3) is 10.0 Å². The highest BCUT2D eigenvalue weighted by atomic mass is 32.2. The second-order valence-corrected chi connectivity index (χ2v) is 11.5. The summed E-state index contributed by atoms with van der Waals surface area (Å²) >= 11 is 0. The number of likely N-dealkylation sites (N-methyl/N-ethyl adjacent to an activating group) is 1. The lowest BCUT2D eigenvalue weighted by atomic mass is 10.0. The molecule has 4 aromatic rings. The molecule has 0 aliphatic rings. The van der Waals surface area contributed by atoms with Crippen molar-refractivity contribution in [3.63, 3.8) is 0 Å². The molecule has 0 unspecified atom stereocenters. The van der Waals surface area contributed by atoms with Crippen molar-refractivity contribution in [2.24, 2.45) is 0 Å². The molecule has 0 heterocycles. The second kappa shape index (κ2) is 13.2. The first-order valence-corrected chi connectivity index (χ1v) is 14.6. The summed E-state index contributed by atoms with van der Waals surface area (Å²) in [5, 5.41) is 2.66. The Balaban J connectivity index is 1.77. The number of carbonyl (C=O) groups is 2. The Labute approximate surface area is 240 Å². The SMILES string of the molecule is CNC(=O)[C@@H](Cc1ccccc1)N(Cc1ccc(C)cc1)C(=O)CN(c1ccc(F)cc1)S(=O)(=O)c1ccccc1. The maximum atomic E-state index is 14.2. The van der Waals surface area contributed by atoms with Crippen LogP contribution >= 0.6 is 0 Å². The van der Waals surface area contributed by atoms with Crippen molar-refractivity contribution in [1.82, 2.24) is 10.2 Å². The third-order valence-corrected chi connectivity index (χ3v) is 8.50. The zero-order valence-electron chi connectivity index (χ0n) is 22.9. The number of hydrogen-bond acceptors (Lipinski definition) is 4. The number of carbonyl (C=O) groups excluding carboxylic acids is 2. The van der Waals surface area contributed by atoms with Crippen molar-refractivity contribution >= 4 is 27.5 Å². The number of nitrogens with zero attached hydrogens (tertiary/aromatic N) is 2. The molecule has 0 fully saturated rings. The van der Waals surface area contributed by atoms with Gasteiger partial charge in [-0.2, -0.15) is 0 Å². The zero-order chi connectivity index (χ0) is 29.4. The highest BCUT2D eigenvalue weighted by Gasteiger charge is 2.34. The average Bonchev–Trinajstić information content (AvgIpc) is 2.99. The summed E-state index contributed by atoms with van der Waals surface area (Å²) in [7, 11) is -2.72. The number of nitrogens with one attached hydrogen (secondary N) is 1. The van der Waals surface area contributed by atoms with E-state index in [-0.39, 0.29) is 29.5 Å². The lowest BCUT2D eigenvalue weighted by molar-refractivity contribution is -0.139. The van der Waals surface area contributed by atoms with E-state index in [1.807, 2.05) is 61.5 Å². The second-order valence-electron chi connectivity index (χ2n) is 9.63. The van der Waals surface area contributed by atoms with Crippen LogP contribution in [0.4, 0.5) is 10.1 Å². The van der Waals surface area contributed by atoms with E-state index in [9.17, 15) is 22.4 Å². The van der Waals surface area contributed by atoms with Crippen molar-refractivity contribution < 1.29 is 22.4 Å². The third kappa shape index (κ3) is 7.37. The van der Waals surface area contributed by atoms with Crippen LogP contribution in [0.15, 0.2) is 114 Å². The highest BCUT2D eigenvalue weighted by Crippen LogP contribution is 2.25. The zero-order valence-corrected chi connectivity index (χ0v) is 23.7. The number of rotatable bonds is 11. The number of hydrogen-bond donors (Lipinski definition) is 1. The Hall–Kier alpha value is -4.50. The van der Waals surface area contributed by atoms with Crippen LogP contribution in [-0.2, 0) is 32.6 Å². The molecule has 0 aliphatic carbocycles. The van der Waals surface area contributed by atoms with Crippen molar-refractivity contribution in [1.29, 1.82) is 0 Å². The van der Waals surface area contributed by atoms with Gasteiger partial charge in [0.2, 0.25) is 11.8 Å². The van der Waals surface area contributed by atoms with E-state index in [4.69, 9.17) is 0 Å². The normalized spacial score (nSPS) is 11.9. The van der Waals surface area contributed by atoms with Gasteiger partial charge in [-0.3, -0.25) is 13.9 Å². The predicted molar refractivity (Wildman–Crippen MR) is 157 cm³/mol. The Morgan fingerprint density at radius 1 is 0.805 bits per heavy atom. The molecule has 0 saturated carbocycles. The summed E-state index contributed by atoms with van der Waals surface area (Å²) in [6.07, 6.45) is 0.222. The lowest BCUT2D eigenvalue weighted by Crippen LogP contribution is -2.53. The van der Waals surface area contributed by atoms with Gasteiger partial charge >= 0.3 is 0 Å². The number of sulfonamides is 1. The van der Waals surface area contributed by atoms with Gasteiger partial charge in [-0.05, 0) is 54.4 Å². The maximum absolute atomic E-state index is 14.2. The monoisotopic (exact) mass is 573 g/mol. The molecule has 0 aromatic heterocycles. The topological polar surface area (TPSA) is 86.8 Å². The third-order valence-electron chi connectivity index (χ3n) is 6.72. The molecule has 0 bridgehead atoms. The van der Waals surface area contributed by atoms with Crippen LogP contribution in [0.25, 0.3) is 0 Å². The van der Waals surface area contributed by atoms with Gasteiger partial charge in [-0.15, -0.1) is 0 Å². The first-order chi connectivity index (χ1) is 19.7. The molecule has 1 atom stereocenters. The molecule has 7 nitrogen and oxygen atoms in total. The minimum absolute atomic E-state index is 0.0191. The van der Waals surface area contributed by atoms with Crippen LogP contribution in [0.3, 0.4) is 0 Å². The standard InChI is InChI=1S/C32H32FN3O4S/c1-24-13-15-26(16-14-24)22-35(30(32(38)34-2)21-25-9-5-3-6-10-25)31(37)23-36(28-19-17-27(33)18-20-28)41(39,40)29-11-7-4-8-12-29/h3-20,30H,21-23H2,1-2H3,(H,34,38)/t30-/m1/s1. The Kier molecular flexibility index (Phi) is 9.52. The number of aryl methyl sites for hydroxylation is 1. The summed E-state index contributed by atoms with van der Waals surface area (Å²) in [6.45, 7) is 1.42. The number of halogens is 1. The van der Waals surface area contributed by atoms with Crippen LogP contribution in [0.2, 0.25) is 0 Å². The summed E-state index contributed by atoms with van der Waals surface area (Å²) in [4.78, 5) is 28.8. The molecule has 212 valence electrons. The van der Waals surface area contributed by atoms with Gasteiger partial charge in [0, 0.05) is 20.0 Å². The fourth-order valence-electron chi connectivity index (χ4n) is 4.47. The number of benzene rings is 4. The summed E-state index contributed by atoms with van der Waals surface area (Å²) in [6, 6.07) is 28.6. The number of anilines is 1. The van der Waals surface area contributed by atoms with E-state index in [0.29, 0.717) is 0 Å². The van der Waals surface area contributed by atoms with E-state index >= 15 is 0 Å². The van der Waals surface area contributed by atoms with E-state index in [1.54, 1.807) is 18.2 Å². The minimum atomic E-state index is -4.22. The summed E-state index contributed by atoms with van der Waals surface area (Å²) in [5.74, 6) is -1.51. The van der Waals surface area contributed by atoms with Crippen LogP contribution in [0.5, 0.6) is 0 Å². The molecule has 4 aromatic carbocycles. The molecule has 0 spiro atoms. The Morgan fingerprint density at radius 3 is 1.98 bits per heavy atom. The molecule has 1 N–H and O–H groups in total. The van der Waals surface area contributed by atoms with Crippen molar-refractivity contribution in [3.05, 3.63) is 132 Å². The summed E-state index contributed by atoms with van der Waals surface area (Å²) < 4.78 is 42.3. The maximum Gasteiger partial charge on any atom is 0.264 e. The van der Waals surface area contributed by atoms with Gasteiger partial charge < -0.3 is 10.2 Å². The van der Waals surface area contributed by atoms with Crippen LogP contribution in [0.1, 0.15) is 16.7 Å². The molecule has 4 rings (SSSR count). The highest BCUT2D eigenvalue weighted by molar-refractivity contribution is 7.92.